The molecule has 192 valence electrons. The molecular weight excluding hydrogens is 400 g/mol. The lowest BCUT2D eigenvalue weighted by Gasteiger charge is -2.18. The van der Waals surface area contributed by atoms with Crippen LogP contribution < -0.4 is 0 Å². The Kier molecular flexibility index (Phi) is 27.9. The van der Waals surface area contributed by atoms with Crippen LogP contribution in [0.25, 0.3) is 0 Å². The zero-order chi connectivity index (χ0) is 23.4. The third kappa shape index (κ3) is 25.7. The van der Waals surface area contributed by atoms with Gasteiger partial charge in [0.05, 0.1) is 12.9 Å². The minimum Gasteiger partial charge on any atom is -0.475 e. The molecule has 0 saturated carbocycles. The molecule has 0 rings (SSSR count). The highest BCUT2D eigenvalue weighted by Gasteiger charge is 2.08. The van der Waals surface area contributed by atoms with Crippen LogP contribution in [0.3, 0.4) is 0 Å². The van der Waals surface area contributed by atoms with E-state index in [1.54, 1.807) is 0 Å². The number of ether oxygens (including phenoxy) is 4. The zero-order valence-corrected chi connectivity index (χ0v) is 21.9. The first-order valence-corrected chi connectivity index (χ1v) is 13.9. The van der Waals surface area contributed by atoms with E-state index in [1.807, 2.05) is 6.26 Å². The van der Waals surface area contributed by atoms with E-state index in [1.165, 1.54) is 83.5 Å². The third-order valence-electron chi connectivity index (χ3n) is 5.56. The monoisotopic (exact) mass is 456 g/mol. The van der Waals surface area contributed by atoms with Crippen molar-refractivity contribution in [1.82, 2.24) is 0 Å². The van der Waals surface area contributed by atoms with Crippen molar-refractivity contribution in [2.45, 2.75) is 143 Å². The van der Waals surface area contributed by atoms with E-state index in [0.29, 0.717) is 6.79 Å². The first-order chi connectivity index (χ1) is 15.8. The summed E-state index contributed by atoms with van der Waals surface area (Å²) >= 11 is 0. The molecule has 0 spiro atoms. The topological polar surface area (TPSA) is 36.9 Å². The molecule has 0 heterocycles. The Morgan fingerprint density at radius 3 is 1.75 bits per heavy atom. The average molecular weight is 457 g/mol. The summed E-state index contributed by atoms with van der Waals surface area (Å²) in [6.07, 6.45) is 26.5. The maximum atomic E-state index is 5.79. The summed E-state index contributed by atoms with van der Waals surface area (Å²) in [5.74, 6) is 0. The van der Waals surface area contributed by atoms with E-state index in [2.05, 4.69) is 26.8 Å². The molecule has 4 heteroatoms. The van der Waals surface area contributed by atoms with Crippen molar-refractivity contribution >= 4 is 0 Å². The number of hydrogen-bond donors (Lipinski definition) is 0. The van der Waals surface area contributed by atoms with Gasteiger partial charge in [-0.1, -0.05) is 91.4 Å². The summed E-state index contributed by atoms with van der Waals surface area (Å²) in [6, 6.07) is 0. The van der Waals surface area contributed by atoms with Crippen LogP contribution in [0.15, 0.2) is 12.3 Å². The van der Waals surface area contributed by atoms with Crippen LogP contribution in [-0.2, 0) is 18.9 Å². The Morgan fingerprint density at radius 2 is 1.12 bits per heavy atom. The maximum absolute atomic E-state index is 5.79. The van der Waals surface area contributed by atoms with Gasteiger partial charge >= 0.3 is 0 Å². The Balaban J connectivity index is 3.28. The molecule has 0 amide bonds. The van der Waals surface area contributed by atoms with E-state index < -0.39 is 0 Å². The van der Waals surface area contributed by atoms with Crippen LogP contribution in [0.1, 0.15) is 136 Å². The largest absolute Gasteiger partial charge is 0.475 e. The highest BCUT2D eigenvalue weighted by molar-refractivity contribution is 4.72. The molecule has 0 fully saturated rings. The SMILES string of the molecule is CCCCCCCCCOCOC=CCCCCCCCCCC(OCCC)OCCC. The molecule has 0 aliphatic heterocycles. The summed E-state index contributed by atoms with van der Waals surface area (Å²) in [5.41, 5.74) is 0. The van der Waals surface area contributed by atoms with Crippen molar-refractivity contribution < 1.29 is 18.9 Å². The van der Waals surface area contributed by atoms with Gasteiger partial charge in [0.25, 0.3) is 0 Å². The van der Waals surface area contributed by atoms with Gasteiger partial charge < -0.3 is 18.9 Å². The van der Waals surface area contributed by atoms with E-state index in [9.17, 15) is 0 Å². The molecule has 0 aromatic rings. The molecule has 0 aromatic heterocycles. The maximum Gasteiger partial charge on any atom is 0.188 e. The van der Waals surface area contributed by atoms with Gasteiger partial charge in [-0.3, -0.25) is 0 Å². The summed E-state index contributed by atoms with van der Waals surface area (Å²) in [5, 5.41) is 0. The molecule has 4 nitrogen and oxygen atoms in total. The lowest BCUT2D eigenvalue weighted by molar-refractivity contribution is -0.146. The second kappa shape index (κ2) is 28.5. The molecule has 0 aromatic carbocycles. The summed E-state index contributed by atoms with van der Waals surface area (Å²) < 4.78 is 22.5. The van der Waals surface area contributed by atoms with Crippen molar-refractivity contribution in [3.05, 3.63) is 12.3 Å². The fourth-order valence-electron chi connectivity index (χ4n) is 3.61. The van der Waals surface area contributed by atoms with Crippen LogP contribution in [0.4, 0.5) is 0 Å². The minimum atomic E-state index is 0.00891. The van der Waals surface area contributed by atoms with Crippen LogP contribution in [0.2, 0.25) is 0 Å². The molecule has 0 atom stereocenters. The van der Waals surface area contributed by atoms with Crippen molar-refractivity contribution in [2.75, 3.05) is 26.6 Å². The molecule has 0 bridgehead atoms. The van der Waals surface area contributed by atoms with Crippen molar-refractivity contribution in [3.8, 4) is 0 Å². The van der Waals surface area contributed by atoms with E-state index in [-0.39, 0.29) is 6.29 Å². The predicted octanol–water partition coefficient (Wildman–Crippen LogP) is 8.93. The number of rotatable bonds is 27. The van der Waals surface area contributed by atoms with E-state index in [0.717, 1.165) is 51.9 Å². The number of allylic oxidation sites excluding steroid dienone is 1. The molecule has 0 unspecified atom stereocenters. The average Bonchev–Trinajstić information content (AvgIpc) is 2.81. The Bertz CT molecular complexity index is 351. The molecule has 32 heavy (non-hydrogen) atoms. The molecule has 0 aliphatic carbocycles. The zero-order valence-electron chi connectivity index (χ0n) is 21.9. The smallest absolute Gasteiger partial charge is 0.188 e. The Morgan fingerprint density at radius 1 is 0.562 bits per heavy atom. The van der Waals surface area contributed by atoms with Gasteiger partial charge in [0.15, 0.2) is 13.1 Å². The Hall–Kier alpha value is -0.580. The quantitative estimate of drug-likeness (QED) is 0.0702. The third-order valence-corrected chi connectivity index (χ3v) is 5.56. The molecule has 0 aliphatic rings. The number of unbranched alkanes of at least 4 members (excludes halogenated alkanes) is 13. The van der Waals surface area contributed by atoms with Gasteiger partial charge in [0.1, 0.15) is 0 Å². The lowest BCUT2D eigenvalue weighted by atomic mass is 10.1. The fourth-order valence-corrected chi connectivity index (χ4v) is 3.61. The van der Waals surface area contributed by atoms with Gasteiger partial charge in [0.2, 0.25) is 0 Å². The Labute approximate surface area is 200 Å². The van der Waals surface area contributed by atoms with Crippen LogP contribution in [0, 0.1) is 0 Å². The molecule has 0 N–H and O–H groups in total. The van der Waals surface area contributed by atoms with Gasteiger partial charge in [0, 0.05) is 13.2 Å². The van der Waals surface area contributed by atoms with Crippen LogP contribution >= 0.6 is 0 Å². The van der Waals surface area contributed by atoms with Crippen LogP contribution in [0.5, 0.6) is 0 Å². The second-order valence-corrected chi connectivity index (χ2v) is 8.91. The lowest BCUT2D eigenvalue weighted by Crippen LogP contribution is -2.18. The van der Waals surface area contributed by atoms with Gasteiger partial charge in [-0.15, -0.1) is 0 Å². The number of hydrogen-bond acceptors (Lipinski definition) is 4. The van der Waals surface area contributed by atoms with Crippen molar-refractivity contribution in [2.24, 2.45) is 0 Å². The van der Waals surface area contributed by atoms with Gasteiger partial charge in [-0.05, 0) is 51.0 Å². The second-order valence-electron chi connectivity index (χ2n) is 8.91. The molecule has 0 radical (unpaired) electrons. The highest BCUT2D eigenvalue weighted by atomic mass is 16.7. The molecular formula is C28H56O4. The van der Waals surface area contributed by atoms with Crippen LogP contribution in [-0.4, -0.2) is 32.9 Å². The first kappa shape index (κ1) is 31.4. The van der Waals surface area contributed by atoms with Crippen molar-refractivity contribution in [1.29, 1.82) is 0 Å². The normalized spacial score (nSPS) is 11.8. The summed E-state index contributed by atoms with van der Waals surface area (Å²) in [4.78, 5) is 0. The molecule has 0 saturated heterocycles. The first-order valence-electron chi connectivity index (χ1n) is 13.9. The standard InChI is InChI=1S/C28H56O4/c1-4-7-8-9-14-17-20-25-29-27-30-26-21-18-15-12-10-11-13-16-19-22-28(31-23-5-2)32-24-6-3/h21,26,28H,4-20,22-25,27H2,1-3H3. The summed E-state index contributed by atoms with van der Waals surface area (Å²) in [6.45, 7) is 9.37. The van der Waals surface area contributed by atoms with Crippen molar-refractivity contribution in [3.63, 3.8) is 0 Å². The van der Waals surface area contributed by atoms with E-state index in [4.69, 9.17) is 18.9 Å². The minimum absolute atomic E-state index is 0.00891. The van der Waals surface area contributed by atoms with Gasteiger partial charge in [-0.25, -0.2) is 0 Å². The summed E-state index contributed by atoms with van der Waals surface area (Å²) in [7, 11) is 0. The fraction of sp³-hybridized carbons (Fsp3) is 0.929. The van der Waals surface area contributed by atoms with E-state index >= 15 is 0 Å². The highest BCUT2D eigenvalue weighted by Crippen LogP contribution is 2.13. The predicted molar refractivity (Wildman–Crippen MR) is 137 cm³/mol. The van der Waals surface area contributed by atoms with Gasteiger partial charge in [-0.2, -0.15) is 0 Å².